The van der Waals surface area contributed by atoms with Crippen molar-refractivity contribution in [2.24, 2.45) is 0 Å². The van der Waals surface area contributed by atoms with Gasteiger partial charge < -0.3 is 10.6 Å². The average molecular weight is 355 g/mol. The van der Waals surface area contributed by atoms with Crippen LogP contribution in [0.25, 0.3) is 0 Å². The zero-order valence-corrected chi connectivity index (χ0v) is 13.4. The molecule has 0 fully saturated rings. The van der Waals surface area contributed by atoms with Gasteiger partial charge in [-0.05, 0) is 35.9 Å². The molecule has 0 aromatic heterocycles. The Morgan fingerprint density at radius 1 is 0.957 bits per heavy atom. The van der Waals surface area contributed by atoms with Crippen molar-refractivity contribution in [1.82, 2.24) is 5.32 Å². The molecular formula is C16H13Cl2FN2O2. The average Bonchev–Trinajstić information content (AvgIpc) is 2.46. The highest BCUT2D eigenvalue weighted by atomic mass is 35.5. The van der Waals surface area contributed by atoms with E-state index in [0.717, 1.165) is 0 Å². The van der Waals surface area contributed by atoms with E-state index < -0.39 is 5.91 Å². The molecular weight excluding hydrogens is 342 g/mol. The van der Waals surface area contributed by atoms with Crippen molar-refractivity contribution < 1.29 is 14.0 Å². The van der Waals surface area contributed by atoms with Crippen LogP contribution in [0.3, 0.4) is 0 Å². The first-order valence-corrected chi connectivity index (χ1v) is 7.45. The smallest absolute Gasteiger partial charge is 0.243 e. The lowest BCUT2D eigenvalue weighted by atomic mass is 10.1. The number of carbonyl (C=O) groups excluding carboxylic acids is 2. The van der Waals surface area contributed by atoms with E-state index in [9.17, 15) is 14.0 Å². The fourth-order valence-electron chi connectivity index (χ4n) is 1.86. The van der Waals surface area contributed by atoms with Crippen LogP contribution in [0.15, 0.2) is 42.5 Å². The topological polar surface area (TPSA) is 58.2 Å². The van der Waals surface area contributed by atoms with Gasteiger partial charge in [-0.3, -0.25) is 9.59 Å². The Morgan fingerprint density at radius 2 is 1.57 bits per heavy atom. The van der Waals surface area contributed by atoms with Gasteiger partial charge in [-0.2, -0.15) is 0 Å². The molecule has 23 heavy (non-hydrogen) atoms. The van der Waals surface area contributed by atoms with Gasteiger partial charge in [0.1, 0.15) is 5.82 Å². The second-order valence-corrected chi connectivity index (χ2v) is 5.66. The molecule has 2 N–H and O–H groups in total. The number of anilines is 1. The normalized spacial score (nSPS) is 10.2. The molecule has 0 atom stereocenters. The van der Waals surface area contributed by atoms with E-state index in [1.165, 1.54) is 24.3 Å². The van der Waals surface area contributed by atoms with Gasteiger partial charge in [-0.1, -0.05) is 35.3 Å². The molecule has 0 heterocycles. The van der Waals surface area contributed by atoms with E-state index >= 15 is 0 Å². The van der Waals surface area contributed by atoms with Crippen molar-refractivity contribution in [2.75, 3.05) is 11.9 Å². The molecule has 0 unspecified atom stereocenters. The van der Waals surface area contributed by atoms with Crippen molar-refractivity contribution in [2.45, 2.75) is 6.42 Å². The fraction of sp³-hybridized carbons (Fsp3) is 0.125. The predicted octanol–water partition coefficient (Wildman–Crippen LogP) is 3.43. The van der Waals surface area contributed by atoms with Crippen molar-refractivity contribution >= 4 is 40.7 Å². The van der Waals surface area contributed by atoms with Crippen LogP contribution in [-0.2, 0) is 16.0 Å². The van der Waals surface area contributed by atoms with Gasteiger partial charge in [0.05, 0.1) is 13.0 Å². The molecule has 0 saturated carbocycles. The molecule has 0 aliphatic rings. The van der Waals surface area contributed by atoms with Gasteiger partial charge in [0.15, 0.2) is 0 Å². The maximum Gasteiger partial charge on any atom is 0.243 e. The highest BCUT2D eigenvalue weighted by Crippen LogP contribution is 2.22. The molecule has 2 amide bonds. The summed E-state index contributed by atoms with van der Waals surface area (Å²) < 4.78 is 12.8. The lowest BCUT2D eigenvalue weighted by Gasteiger charge is -2.08. The van der Waals surface area contributed by atoms with E-state index in [4.69, 9.17) is 23.2 Å². The number of halogens is 3. The zero-order valence-electron chi connectivity index (χ0n) is 11.9. The molecule has 7 heteroatoms. The minimum absolute atomic E-state index is 0.0660. The number of rotatable bonds is 5. The quantitative estimate of drug-likeness (QED) is 0.863. The first-order chi connectivity index (χ1) is 10.9. The molecule has 120 valence electrons. The van der Waals surface area contributed by atoms with Crippen LogP contribution in [0.5, 0.6) is 0 Å². The third-order valence-electron chi connectivity index (χ3n) is 2.87. The number of carbonyl (C=O) groups is 2. The molecule has 2 aromatic carbocycles. The zero-order chi connectivity index (χ0) is 16.8. The summed E-state index contributed by atoms with van der Waals surface area (Å²) in [6.45, 7) is -0.190. The van der Waals surface area contributed by atoms with E-state index in [0.29, 0.717) is 21.3 Å². The second kappa shape index (κ2) is 7.94. The number of hydrogen-bond acceptors (Lipinski definition) is 2. The minimum Gasteiger partial charge on any atom is -0.347 e. The van der Waals surface area contributed by atoms with Crippen molar-refractivity contribution in [1.29, 1.82) is 0 Å². The number of nitrogens with one attached hydrogen (secondary N) is 2. The molecule has 0 bridgehead atoms. The van der Waals surface area contributed by atoms with Gasteiger partial charge in [0.25, 0.3) is 0 Å². The molecule has 0 saturated heterocycles. The van der Waals surface area contributed by atoms with Crippen molar-refractivity contribution in [3.8, 4) is 0 Å². The Bertz CT molecular complexity index is 700. The van der Waals surface area contributed by atoms with Gasteiger partial charge in [0, 0.05) is 15.7 Å². The van der Waals surface area contributed by atoms with Crippen LogP contribution >= 0.6 is 23.2 Å². The number of amides is 2. The summed E-state index contributed by atoms with van der Waals surface area (Å²) in [6.07, 6.45) is 0.0660. The first-order valence-electron chi connectivity index (χ1n) is 6.69. The molecule has 2 aromatic rings. The van der Waals surface area contributed by atoms with Crippen LogP contribution in [0, 0.1) is 5.82 Å². The summed E-state index contributed by atoms with van der Waals surface area (Å²) in [6, 6.07) is 10.2. The first kappa shape index (κ1) is 17.2. The standard InChI is InChI=1S/C16H13Cl2FN2O2/c17-11-6-12(18)8-14(7-11)21-16(23)9-20-15(22)5-10-1-3-13(19)4-2-10/h1-4,6-8H,5,9H2,(H,20,22)(H,21,23). The maximum atomic E-state index is 12.8. The Kier molecular flexibility index (Phi) is 5.96. The van der Waals surface area contributed by atoms with E-state index in [1.807, 2.05) is 0 Å². The van der Waals surface area contributed by atoms with Gasteiger partial charge in [-0.15, -0.1) is 0 Å². The number of benzene rings is 2. The minimum atomic E-state index is -0.407. The molecule has 0 radical (unpaired) electrons. The molecule has 0 spiro atoms. The summed E-state index contributed by atoms with van der Waals surface area (Å²) in [4.78, 5) is 23.5. The monoisotopic (exact) mass is 354 g/mol. The van der Waals surface area contributed by atoms with Crippen LogP contribution in [0.1, 0.15) is 5.56 Å². The SMILES string of the molecule is O=C(Cc1ccc(F)cc1)NCC(=O)Nc1cc(Cl)cc(Cl)c1. The Labute approximate surface area is 142 Å². The molecule has 4 nitrogen and oxygen atoms in total. The third-order valence-corrected chi connectivity index (χ3v) is 3.31. The van der Waals surface area contributed by atoms with E-state index in [-0.39, 0.29) is 24.7 Å². The molecule has 0 aliphatic heterocycles. The Hall–Kier alpha value is -2.11. The second-order valence-electron chi connectivity index (χ2n) is 4.79. The lowest BCUT2D eigenvalue weighted by Crippen LogP contribution is -2.33. The summed E-state index contributed by atoms with van der Waals surface area (Å²) >= 11 is 11.7. The van der Waals surface area contributed by atoms with Crippen molar-refractivity contribution in [3.63, 3.8) is 0 Å². The molecule has 0 aliphatic carbocycles. The highest BCUT2D eigenvalue weighted by molar-refractivity contribution is 6.35. The van der Waals surface area contributed by atoms with E-state index in [1.54, 1.807) is 18.2 Å². The van der Waals surface area contributed by atoms with E-state index in [2.05, 4.69) is 10.6 Å². The third kappa shape index (κ3) is 5.88. The van der Waals surface area contributed by atoms with Gasteiger partial charge in [-0.25, -0.2) is 4.39 Å². The predicted molar refractivity (Wildman–Crippen MR) is 88.2 cm³/mol. The Morgan fingerprint density at radius 3 is 2.17 bits per heavy atom. The summed E-state index contributed by atoms with van der Waals surface area (Å²) in [5.41, 5.74) is 1.10. The molecule has 2 rings (SSSR count). The fourth-order valence-corrected chi connectivity index (χ4v) is 2.39. The maximum absolute atomic E-state index is 12.8. The lowest BCUT2D eigenvalue weighted by molar-refractivity contribution is -0.123. The van der Waals surface area contributed by atoms with Crippen molar-refractivity contribution in [3.05, 3.63) is 63.9 Å². The summed E-state index contributed by atoms with van der Waals surface area (Å²) in [7, 11) is 0. The summed E-state index contributed by atoms with van der Waals surface area (Å²) in [5.74, 6) is -1.11. The largest absolute Gasteiger partial charge is 0.347 e. The highest BCUT2D eigenvalue weighted by Gasteiger charge is 2.08. The van der Waals surface area contributed by atoms with Gasteiger partial charge >= 0.3 is 0 Å². The Balaban J connectivity index is 1.81. The number of hydrogen-bond donors (Lipinski definition) is 2. The summed E-state index contributed by atoms with van der Waals surface area (Å²) in [5, 5.41) is 5.86. The van der Waals surface area contributed by atoms with Gasteiger partial charge in [0.2, 0.25) is 11.8 Å². The van der Waals surface area contributed by atoms with Crippen LogP contribution in [0.2, 0.25) is 10.0 Å². The van der Waals surface area contributed by atoms with Crippen LogP contribution in [-0.4, -0.2) is 18.4 Å². The van der Waals surface area contributed by atoms with Crippen LogP contribution < -0.4 is 10.6 Å². The van der Waals surface area contributed by atoms with Crippen LogP contribution in [0.4, 0.5) is 10.1 Å².